The lowest BCUT2D eigenvalue weighted by Gasteiger charge is -2.20. The highest BCUT2D eigenvalue weighted by molar-refractivity contribution is 5.99. The molecule has 0 radical (unpaired) electrons. The molecule has 0 bridgehead atoms. The monoisotopic (exact) mass is 286 g/mol. The van der Waals surface area contributed by atoms with Crippen LogP contribution in [-0.2, 0) is 9.53 Å². The van der Waals surface area contributed by atoms with Crippen LogP contribution in [0.4, 0.5) is 0 Å². The summed E-state index contributed by atoms with van der Waals surface area (Å²) in [7, 11) is 0. The minimum Gasteiger partial charge on any atom is -0.465 e. The van der Waals surface area contributed by atoms with Crippen LogP contribution < -0.4 is 0 Å². The van der Waals surface area contributed by atoms with Crippen LogP contribution in [0, 0.1) is 0 Å². The number of ether oxygens (including phenoxy) is 1. The molecule has 0 aliphatic rings. The number of amides is 1. The molecule has 0 unspecified atom stereocenters. The van der Waals surface area contributed by atoms with Crippen LogP contribution in [0.3, 0.4) is 0 Å². The topological polar surface area (TPSA) is 62.4 Å². The van der Waals surface area contributed by atoms with Crippen molar-refractivity contribution >= 4 is 22.8 Å². The van der Waals surface area contributed by atoms with Crippen molar-refractivity contribution in [2.75, 3.05) is 19.7 Å². The molecule has 1 aromatic heterocycles. The van der Waals surface area contributed by atoms with E-state index in [0.29, 0.717) is 18.7 Å². The van der Waals surface area contributed by atoms with Crippen molar-refractivity contribution in [3.63, 3.8) is 0 Å². The van der Waals surface area contributed by atoms with E-state index in [9.17, 15) is 9.59 Å². The molecule has 2 aromatic rings. The molecular weight excluding hydrogens is 268 g/mol. The van der Waals surface area contributed by atoms with Gasteiger partial charge in [-0.1, -0.05) is 6.08 Å². The van der Waals surface area contributed by atoms with Crippen molar-refractivity contribution in [1.82, 2.24) is 9.88 Å². The van der Waals surface area contributed by atoms with Crippen LogP contribution in [0.5, 0.6) is 0 Å². The summed E-state index contributed by atoms with van der Waals surface area (Å²) in [6.45, 7) is 5.86. The van der Waals surface area contributed by atoms with E-state index in [0.717, 1.165) is 10.9 Å². The van der Waals surface area contributed by atoms with E-state index in [1.807, 2.05) is 18.3 Å². The summed E-state index contributed by atoms with van der Waals surface area (Å²) in [6.07, 6.45) is 3.41. The average Bonchev–Trinajstić information content (AvgIpc) is 2.93. The summed E-state index contributed by atoms with van der Waals surface area (Å²) in [4.78, 5) is 28.6. The normalized spacial score (nSPS) is 10.3. The van der Waals surface area contributed by atoms with Gasteiger partial charge in [0.05, 0.1) is 6.61 Å². The Balaban J connectivity index is 2.19. The highest BCUT2D eigenvalue weighted by atomic mass is 16.5. The quantitative estimate of drug-likeness (QED) is 0.655. The maximum Gasteiger partial charge on any atom is 0.325 e. The maximum absolute atomic E-state index is 12.5. The number of esters is 1. The molecule has 1 amide bonds. The predicted molar refractivity (Wildman–Crippen MR) is 81.0 cm³/mol. The molecule has 0 aliphatic heterocycles. The molecule has 0 atom stereocenters. The van der Waals surface area contributed by atoms with Gasteiger partial charge in [0, 0.05) is 29.2 Å². The number of hydrogen-bond acceptors (Lipinski definition) is 3. The lowest BCUT2D eigenvalue weighted by atomic mass is 10.1. The molecule has 0 fully saturated rings. The van der Waals surface area contributed by atoms with Crippen LogP contribution in [0.15, 0.2) is 43.1 Å². The third-order valence-electron chi connectivity index (χ3n) is 3.06. The summed E-state index contributed by atoms with van der Waals surface area (Å²) in [5, 5.41) is 0.954. The van der Waals surface area contributed by atoms with Gasteiger partial charge in [-0.15, -0.1) is 6.58 Å². The third kappa shape index (κ3) is 3.51. The lowest BCUT2D eigenvalue weighted by molar-refractivity contribution is -0.143. The summed E-state index contributed by atoms with van der Waals surface area (Å²) in [5.41, 5.74) is 1.50. The van der Waals surface area contributed by atoms with Crippen LogP contribution in [0.2, 0.25) is 0 Å². The molecule has 1 N–H and O–H groups in total. The van der Waals surface area contributed by atoms with Gasteiger partial charge in [-0.2, -0.15) is 0 Å². The van der Waals surface area contributed by atoms with E-state index in [-0.39, 0.29) is 12.5 Å². The molecule has 1 heterocycles. The van der Waals surface area contributed by atoms with Crippen molar-refractivity contribution in [1.29, 1.82) is 0 Å². The van der Waals surface area contributed by atoms with Crippen molar-refractivity contribution < 1.29 is 14.3 Å². The van der Waals surface area contributed by atoms with Gasteiger partial charge >= 0.3 is 5.97 Å². The van der Waals surface area contributed by atoms with E-state index in [2.05, 4.69) is 11.6 Å². The molecule has 2 rings (SSSR count). The van der Waals surface area contributed by atoms with Crippen molar-refractivity contribution in [2.24, 2.45) is 0 Å². The number of carbonyl (C=O) groups excluding carboxylic acids is 2. The second-order valence-corrected chi connectivity index (χ2v) is 4.56. The molecule has 5 nitrogen and oxygen atoms in total. The Labute approximate surface area is 123 Å². The Kier molecular flexibility index (Phi) is 4.77. The first kappa shape index (κ1) is 14.8. The molecule has 1 aromatic carbocycles. The van der Waals surface area contributed by atoms with Gasteiger partial charge in [-0.05, 0) is 31.2 Å². The zero-order valence-corrected chi connectivity index (χ0v) is 12.0. The lowest BCUT2D eigenvalue weighted by Crippen LogP contribution is -2.36. The second kappa shape index (κ2) is 6.74. The average molecular weight is 286 g/mol. The number of nitrogens with zero attached hydrogens (tertiary/aromatic N) is 1. The van der Waals surface area contributed by atoms with Gasteiger partial charge in [0.25, 0.3) is 5.91 Å². The van der Waals surface area contributed by atoms with Crippen LogP contribution in [-0.4, -0.2) is 41.5 Å². The van der Waals surface area contributed by atoms with Crippen LogP contribution in [0.25, 0.3) is 10.9 Å². The second-order valence-electron chi connectivity index (χ2n) is 4.56. The Morgan fingerprint density at radius 3 is 2.90 bits per heavy atom. The summed E-state index contributed by atoms with van der Waals surface area (Å²) >= 11 is 0. The van der Waals surface area contributed by atoms with Crippen molar-refractivity contribution in [3.05, 3.63) is 48.7 Å². The van der Waals surface area contributed by atoms with Gasteiger partial charge < -0.3 is 14.6 Å². The number of aromatic amines is 1. The Morgan fingerprint density at radius 1 is 1.38 bits per heavy atom. The number of nitrogens with one attached hydrogen (secondary N) is 1. The largest absolute Gasteiger partial charge is 0.465 e. The first-order valence-corrected chi connectivity index (χ1v) is 6.78. The Morgan fingerprint density at radius 2 is 2.19 bits per heavy atom. The number of benzene rings is 1. The molecule has 21 heavy (non-hydrogen) atoms. The first-order valence-electron chi connectivity index (χ1n) is 6.78. The number of fused-ring (bicyclic) bond motifs is 1. The number of aromatic nitrogens is 1. The van der Waals surface area contributed by atoms with E-state index in [1.165, 1.54) is 4.90 Å². The zero-order valence-electron chi connectivity index (χ0n) is 12.0. The highest BCUT2D eigenvalue weighted by Gasteiger charge is 2.18. The minimum absolute atomic E-state index is 0.0795. The van der Waals surface area contributed by atoms with Gasteiger partial charge in [0.15, 0.2) is 0 Å². The number of hydrogen-bond donors (Lipinski definition) is 1. The van der Waals surface area contributed by atoms with Gasteiger partial charge in [-0.25, -0.2) is 0 Å². The van der Waals surface area contributed by atoms with Gasteiger partial charge in [0.1, 0.15) is 6.54 Å². The zero-order chi connectivity index (χ0) is 15.2. The van der Waals surface area contributed by atoms with E-state index in [4.69, 9.17) is 4.74 Å². The Bertz CT molecular complexity index is 660. The number of rotatable bonds is 6. The van der Waals surface area contributed by atoms with Crippen molar-refractivity contribution in [2.45, 2.75) is 6.92 Å². The van der Waals surface area contributed by atoms with Gasteiger partial charge in [0.2, 0.25) is 0 Å². The SMILES string of the molecule is C=CCN(CC(=O)OCC)C(=O)c1ccc2[nH]ccc2c1. The molecule has 0 saturated carbocycles. The molecular formula is C16H18N2O3. The number of H-pyrrole nitrogens is 1. The fourth-order valence-electron chi connectivity index (χ4n) is 2.11. The van der Waals surface area contributed by atoms with Crippen molar-refractivity contribution in [3.8, 4) is 0 Å². The molecule has 0 spiro atoms. The van der Waals surface area contributed by atoms with Gasteiger partial charge in [-0.3, -0.25) is 9.59 Å². The van der Waals surface area contributed by atoms with Crippen LogP contribution >= 0.6 is 0 Å². The Hall–Kier alpha value is -2.56. The minimum atomic E-state index is -0.421. The predicted octanol–water partition coefficient (Wildman–Crippen LogP) is 2.36. The standard InChI is InChI=1S/C16H18N2O3/c1-3-9-18(11-15(19)21-4-2)16(20)13-5-6-14-12(10-13)7-8-17-14/h3,5-8,10,17H,1,4,9,11H2,2H3. The summed E-state index contributed by atoms with van der Waals surface area (Å²) in [6, 6.07) is 7.28. The number of carbonyl (C=O) groups is 2. The summed E-state index contributed by atoms with van der Waals surface area (Å²) in [5.74, 6) is -0.638. The highest BCUT2D eigenvalue weighted by Crippen LogP contribution is 2.15. The molecule has 0 aliphatic carbocycles. The third-order valence-corrected chi connectivity index (χ3v) is 3.06. The summed E-state index contributed by atoms with van der Waals surface area (Å²) < 4.78 is 4.89. The van der Waals surface area contributed by atoms with E-state index in [1.54, 1.807) is 25.1 Å². The molecule has 5 heteroatoms. The fraction of sp³-hybridized carbons (Fsp3) is 0.250. The fourth-order valence-corrected chi connectivity index (χ4v) is 2.11. The molecule has 110 valence electrons. The van der Waals surface area contributed by atoms with E-state index >= 15 is 0 Å². The molecule has 0 saturated heterocycles. The maximum atomic E-state index is 12.5. The van der Waals surface area contributed by atoms with E-state index < -0.39 is 5.97 Å². The smallest absolute Gasteiger partial charge is 0.325 e. The van der Waals surface area contributed by atoms with Crippen LogP contribution in [0.1, 0.15) is 17.3 Å². The first-order chi connectivity index (χ1) is 10.2.